The number of H-pyrrole nitrogens is 1. The number of nitrogens with zero attached hydrogens (tertiary/aromatic N) is 2. The Bertz CT molecular complexity index is 1170. The molecule has 162 valence electrons. The van der Waals surface area contributed by atoms with Gasteiger partial charge in [0.05, 0.1) is 24.4 Å². The molecule has 0 amide bonds. The average molecular weight is 419 g/mol. The van der Waals surface area contributed by atoms with Crippen LogP contribution in [-0.2, 0) is 0 Å². The molecule has 4 rings (SSSR count). The standard InChI is InChI=1S/C25H30N4O2/c1-4-6-12-30-22-11-8-18(15-23(22)31-13-7-5-2)29-21-14-17(3)28-19-9-10-20-25(24(19)21)27-16-26-20/h8-11,14-16,28-29H,4-7,12-13H2,1-3H3. The van der Waals surface area contributed by atoms with E-state index in [0.29, 0.717) is 13.2 Å². The largest absolute Gasteiger partial charge is 0.490 e. The van der Waals surface area contributed by atoms with Crippen molar-refractivity contribution in [3.05, 3.63) is 48.4 Å². The second-order valence-corrected chi connectivity index (χ2v) is 7.79. The SMILES string of the molecule is CCCCOc1ccc(Nc2cc(C)[nH]c3ccc4ncnc4c23)cc1OCCCC. The van der Waals surface area contributed by atoms with Crippen molar-refractivity contribution in [2.45, 2.75) is 46.5 Å². The lowest BCUT2D eigenvalue weighted by molar-refractivity contribution is 0.262. The molecule has 0 unspecified atom stereocenters. The van der Waals surface area contributed by atoms with Crippen molar-refractivity contribution in [1.82, 2.24) is 15.0 Å². The van der Waals surface area contributed by atoms with Gasteiger partial charge in [0.2, 0.25) is 0 Å². The number of nitrogens with one attached hydrogen (secondary N) is 2. The Morgan fingerprint density at radius 1 is 0.903 bits per heavy atom. The second kappa shape index (κ2) is 9.69. The molecule has 4 aromatic rings. The van der Waals surface area contributed by atoms with Gasteiger partial charge < -0.3 is 19.8 Å². The Kier molecular flexibility index (Phi) is 6.55. The van der Waals surface area contributed by atoms with Gasteiger partial charge in [-0.2, -0.15) is 0 Å². The summed E-state index contributed by atoms with van der Waals surface area (Å²) in [7, 11) is 0. The predicted octanol–water partition coefficient (Wildman–Crippen LogP) is 6.52. The van der Waals surface area contributed by atoms with Crippen molar-refractivity contribution in [2.24, 2.45) is 0 Å². The first-order chi connectivity index (χ1) is 15.2. The van der Waals surface area contributed by atoms with Gasteiger partial charge in [0.15, 0.2) is 11.5 Å². The number of pyridine rings is 1. The minimum absolute atomic E-state index is 0.677. The van der Waals surface area contributed by atoms with Gasteiger partial charge in [-0.05, 0) is 50.1 Å². The van der Waals surface area contributed by atoms with Gasteiger partial charge in [0.25, 0.3) is 0 Å². The van der Waals surface area contributed by atoms with Crippen LogP contribution >= 0.6 is 0 Å². The van der Waals surface area contributed by atoms with Crippen molar-refractivity contribution >= 4 is 33.3 Å². The molecule has 0 bridgehead atoms. The Labute approximate surface area is 183 Å². The summed E-state index contributed by atoms with van der Waals surface area (Å²) in [4.78, 5) is 12.3. The van der Waals surface area contributed by atoms with Crippen LogP contribution in [0.4, 0.5) is 11.4 Å². The smallest absolute Gasteiger partial charge is 0.163 e. The van der Waals surface area contributed by atoms with Crippen LogP contribution in [0.1, 0.15) is 45.2 Å². The lowest BCUT2D eigenvalue weighted by atomic mass is 10.1. The van der Waals surface area contributed by atoms with Crippen molar-refractivity contribution < 1.29 is 9.47 Å². The molecule has 0 saturated heterocycles. The monoisotopic (exact) mass is 418 g/mol. The number of unbranched alkanes of at least 4 members (excludes halogenated alkanes) is 2. The molecule has 0 spiro atoms. The second-order valence-electron chi connectivity index (χ2n) is 7.79. The zero-order chi connectivity index (χ0) is 21.6. The van der Waals surface area contributed by atoms with Gasteiger partial charge in [-0.15, -0.1) is 0 Å². The summed E-state index contributed by atoms with van der Waals surface area (Å²) < 4.78 is 12.0. The number of imidazole rings is 1. The first-order valence-corrected chi connectivity index (χ1v) is 11.1. The zero-order valence-electron chi connectivity index (χ0n) is 18.5. The van der Waals surface area contributed by atoms with E-state index >= 15 is 0 Å². The van der Waals surface area contributed by atoms with Gasteiger partial charge in [-0.1, -0.05) is 26.7 Å². The highest BCUT2D eigenvalue weighted by Crippen LogP contribution is 2.35. The molecule has 0 aliphatic rings. The van der Waals surface area contributed by atoms with E-state index in [-0.39, 0.29) is 0 Å². The van der Waals surface area contributed by atoms with Gasteiger partial charge in [0.1, 0.15) is 11.8 Å². The van der Waals surface area contributed by atoms with Crippen molar-refractivity contribution in [1.29, 1.82) is 0 Å². The number of anilines is 2. The van der Waals surface area contributed by atoms with Gasteiger partial charge >= 0.3 is 0 Å². The summed E-state index contributed by atoms with van der Waals surface area (Å²) >= 11 is 0. The number of hydrogen-bond donors (Lipinski definition) is 2. The van der Waals surface area contributed by atoms with Gasteiger partial charge in [-0.25, -0.2) is 9.97 Å². The molecule has 0 atom stereocenters. The fraction of sp³-hybridized carbons (Fsp3) is 0.360. The number of fused-ring (bicyclic) bond motifs is 3. The lowest BCUT2D eigenvalue weighted by Crippen LogP contribution is -2.03. The molecule has 0 aliphatic heterocycles. The maximum Gasteiger partial charge on any atom is 0.163 e. The Morgan fingerprint density at radius 2 is 1.68 bits per heavy atom. The van der Waals surface area contributed by atoms with E-state index in [4.69, 9.17) is 9.47 Å². The quantitative estimate of drug-likeness (QED) is 0.287. The van der Waals surface area contributed by atoms with E-state index in [1.807, 2.05) is 24.3 Å². The number of aryl methyl sites for hydroxylation is 1. The molecule has 2 heterocycles. The summed E-state index contributed by atoms with van der Waals surface area (Å²) in [5.41, 5.74) is 5.78. The summed E-state index contributed by atoms with van der Waals surface area (Å²) in [5, 5.41) is 4.60. The molecule has 2 N–H and O–H groups in total. The first-order valence-electron chi connectivity index (χ1n) is 11.1. The molecule has 31 heavy (non-hydrogen) atoms. The highest BCUT2D eigenvalue weighted by Gasteiger charge is 2.12. The minimum Gasteiger partial charge on any atom is -0.490 e. The maximum atomic E-state index is 6.06. The Balaban J connectivity index is 1.69. The molecular formula is C25H30N4O2. The van der Waals surface area contributed by atoms with Crippen molar-refractivity contribution in [2.75, 3.05) is 18.5 Å². The van der Waals surface area contributed by atoms with E-state index in [9.17, 15) is 0 Å². The topological polar surface area (TPSA) is 72.1 Å². The van der Waals surface area contributed by atoms with Gasteiger partial charge in [0, 0.05) is 28.4 Å². The fourth-order valence-electron chi connectivity index (χ4n) is 3.60. The first kappa shape index (κ1) is 21.0. The molecular weight excluding hydrogens is 388 g/mol. The van der Waals surface area contributed by atoms with Crippen LogP contribution in [0.15, 0.2) is 42.7 Å². The number of aromatic amines is 1. The number of rotatable bonds is 10. The third-order valence-corrected chi connectivity index (χ3v) is 5.24. The molecule has 0 aliphatic carbocycles. The third-order valence-electron chi connectivity index (χ3n) is 5.24. The normalized spacial score (nSPS) is 11.2. The summed E-state index contributed by atoms with van der Waals surface area (Å²) in [6.07, 6.45) is 5.83. The Hall–Kier alpha value is -3.28. The molecule has 2 aromatic carbocycles. The van der Waals surface area contributed by atoms with Crippen molar-refractivity contribution in [3.63, 3.8) is 0 Å². The van der Waals surface area contributed by atoms with E-state index in [0.717, 1.165) is 76.2 Å². The van der Waals surface area contributed by atoms with E-state index in [1.54, 1.807) is 6.33 Å². The maximum absolute atomic E-state index is 6.06. The highest BCUT2D eigenvalue weighted by atomic mass is 16.5. The van der Waals surface area contributed by atoms with Crippen molar-refractivity contribution in [3.8, 4) is 11.5 Å². The highest BCUT2D eigenvalue weighted by molar-refractivity contribution is 6.10. The molecule has 0 radical (unpaired) electrons. The van der Waals surface area contributed by atoms with Crippen LogP contribution < -0.4 is 14.8 Å². The van der Waals surface area contributed by atoms with Crippen LogP contribution in [0.5, 0.6) is 11.5 Å². The molecule has 2 aromatic heterocycles. The van der Waals surface area contributed by atoms with Crippen LogP contribution in [0, 0.1) is 6.92 Å². The number of aromatic nitrogens is 3. The van der Waals surface area contributed by atoms with E-state index in [1.165, 1.54) is 0 Å². The molecule has 6 nitrogen and oxygen atoms in total. The third kappa shape index (κ3) is 4.74. The lowest BCUT2D eigenvalue weighted by Gasteiger charge is -2.16. The number of ether oxygens (including phenoxy) is 2. The van der Waals surface area contributed by atoms with Crippen LogP contribution in [0.3, 0.4) is 0 Å². The van der Waals surface area contributed by atoms with Crippen LogP contribution in [0.25, 0.3) is 21.9 Å². The zero-order valence-corrected chi connectivity index (χ0v) is 18.5. The van der Waals surface area contributed by atoms with E-state index in [2.05, 4.69) is 53.2 Å². The Morgan fingerprint density at radius 3 is 2.45 bits per heavy atom. The molecule has 0 saturated carbocycles. The molecule has 6 heteroatoms. The van der Waals surface area contributed by atoms with E-state index < -0.39 is 0 Å². The summed E-state index contributed by atoms with van der Waals surface area (Å²) in [5.74, 6) is 1.57. The predicted molar refractivity (Wildman–Crippen MR) is 127 cm³/mol. The number of benzene rings is 2. The molecule has 0 fully saturated rings. The fourth-order valence-corrected chi connectivity index (χ4v) is 3.60. The minimum atomic E-state index is 0.677. The van der Waals surface area contributed by atoms with Crippen LogP contribution in [-0.4, -0.2) is 28.2 Å². The average Bonchev–Trinajstić information content (AvgIpc) is 3.24. The van der Waals surface area contributed by atoms with Gasteiger partial charge in [-0.3, -0.25) is 0 Å². The summed E-state index contributed by atoms with van der Waals surface area (Å²) in [6.45, 7) is 7.74. The summed E-state index contributed by atoms with van der Waals surface area (Å²) in [6, 6.07) is 12.2. The van der Waals surface area contributed by atoms with Crippen LogP contribution in [0.2, 0.25) is 0 Å². The number of hydrogen-bond acceptors (Lipinski definition) is 5.